The normalized spacial score (nSPS) is 14.7. The maximum atomic E-state index is 11.8. The first kappa shape index (κ1) is 14.8. The van der Waals surface area contributed by atoms with Crippen molar-refractivity contribution in [3.63, 3.8) is 0 Å². The van der Waals surface area contributed by atoms with Crippen molar-refractivity contribution in [2.75, 3.05) is 24.2 Å². The average Bonchev–Trinajstić information content (AvgIpc) is 2.93. The van der Waals surface area contributed by atoms with Gasteiger partial charge < -0.3 is 15.3 Å². The molecule has 0 unspecified atom stereocenters. The number of aromatic nitrogens is 1. The molecule has 2 heterocycles. The van der Waals surface area contributed by atoms with E-state index in [-0.39, 0.29) is 28.1 Å². The number of aromatic carboxylic acids is 1. The van der Waals surface area contributed by atoms with Gasteiger partial charge in [0, 0.05) is 25.3 Å². The number of carbonyl (C=O) groups excluding carboxylic acids is 2. The predicted molar refractivity (Wildman–Crippen MR) is 76.5 cm³/mol. The number of thioether (sulfide) groups is 1. The Hall–Kier alpha value is -1.61. The van der Waals surface area contributed by atoms with Gasteiger partial charge in [0.05, 0.1) is 5.69 Å². The zero-order valence-electron chi connectivity index (χ0n) is 10.7. The van der Waals surface area contributed by atoms with Crippen molar-refractivity contribution in [1.29, 1.82) is 0 Å². The number of aryl methyl sites for hydroxylation is 1. The molecular weight excluding hydrogens is 302 g/mol. The van der Waals surface area contributed by atoms with E-state index < -0.39 is 5.97 Å². The molecule has 0 bridgehead atoms. The highest BCUT2D eigenvalue weighted by Crippen LogP contribution is 2.24. The van der Waals surface area contributed by atoms with E-state index in [0.717, 1.165) is 17.3 Å². The molecule has 1 aromatic rings. The van der Waals surface area contributed by atoms with Crippen LogP contribution in [0.4, 0.5) is 9.80 Å². The highest BCUT2D eigenvalue weighted by Gasteiger charge is 2.23. The average molecular weight is 315 g/mol. The van der Waals surface area contributed by atoms with Crippen molar-refractivity contribution in [2.24, 2.45) is 0 Å². The first-order valence-corrected chi connectivity index (χ1v) is 7.66. The molecule has 2 rings (SSSR count). The molecule has 7 nitrogen and oxygen atoms in total. The molecule has 2 amide bonds. The van der Waals surface area contributed by atoms with Crippen molar-refractivity contribution in [3.05, 3.63) is 11.3 Å². The van der Waals surface area contributed by atoms with Gasteiger partial charge in [-0.3, -0.25) is 9.59 Å². The summed E-state index contributed by atoms with van der Waals surface area (Å²) in [6, 6.07) is 0. The second-order valence-corrected chi connectivity index (χ2v) is 6.00. The summed E-state index contributed by atoms with van der Waals surface area (Å²) in [6.07, 6.45) is 0.141. The Balaban J connectivity index is 1.91. The number of carboxylic acid groups (broad SMARTS) is 1. The monoisotopic (exact) mass is 315 g/mol. The predicted octanol–water partition coefficient (Wildman–Crippen LogP) is 1.65. The highest BCUT2D eigenvalue weighted by atomic mass is 32.2. The van der Waals surface area contributed by atoms with Crippen LogP contribution in [0.25, 0.3) is 0 Å². The van der Waals surface area contributed by atoms with Crippen LogP contribution >= 0.6 is 23.3 Å². The molecule has 2 N–H and O–H groups in total. The molecule has 1 aliphatic heterocycles. The Labute approximate surface area is 123 Å². The fourth-order valence-electron chi connectivity index (χ4n) is 1.76. The van der Waals surface area contributed by atoms with E-state index in [2.05, 4.69) is 9.69 Å². The zero-order valence-corrected chi connectivity index (χ0v) is 12.3. The van der Waals surface area contributed by atoms with Crippen molar-refractivity contribution in [1.82, 2.24) is 9.27 Å². The molecule has 0 saturated carbocycles. The Morgan fingerprint density at radius 1 is 1.50 bits per heavy atom. The summed E-state index contributed by atoms with van der Waals surface area (Å²) < 4.78 is 3.92. The number of rotatable bonds is 5. The van der Waals surface area contributed by atoms with Crippen LogP contribution in [0, 0.1) is 6.92 Å². The first-order chi connectivity index (χ1) is 9.49. The third-order valence-electron chi connectivity index (χ3n) is 2.78. The minimum absolute atomic E-state index is 0.0161. The van der Waals surface area contributed by atoms with E-state index >= 15 is 0 Å². The van der Waals surface area contributed by atoms with Crippen LogP contribution in [0.2, 0.25) is 0 Å². The molecular formula is C11H13N3O4S2. The van der Waals surface area contributed by atoms with E-state index in [1.54, 1.807) is 11.8 Å². The molecule has 1 saturated heterocycles. The van der Waals surface area contributed by atoms with Crippen molar-refractivity contribution in [2.45, 2.75) is 13.3 Å². The number of anilines is 1. The SMILES string of the molecule is Cc1nsc(NC(=O)CCN2CCSC2=O)c1C(=O)O. The molecule has 0 spiro atoms. The lowest BCUT2D eigenvalue weighted by Crippen LogP contribution is -2.27. The summed E-state index contributed by atoms with van der Waals surface area (Å²) in [5.41, 5.74) is 0.403. The summed E-state index contributed by atoms with van der Waals surface area (Å²) in [6.45, 7) is 2.57. The Kier molecular flexibility index (Phi) is 4.61. The van der Waals surface area contributed by atoms with Gasteiger partial charge in [-0.25, -0.2) is 4.79 Å². The fourth-order valence-corrected chi connectivity index (χ4v) is 3.42. The van der Waals surface area contributed by atoms with Gasteiger partial charge in [-0.1, -0.05) is 11.8 Å². The van der Waals surface area contributed by atoms with E-state index in [0.29, 0.717) is 18.8 Å². The standard InChI is InChI=1S/C11H13N3O4S2/c1-6-8(10(16)17)9(20-13-6)12-7(15)2-3-14-4-5-19-11(14)18/h2-5H2,1H3,(H,12,15)(H,16,17). The van der Waals surface area contributed by atoms with Gasteiger partial charge in [-0.2, -0.15) is 4.37 Å². The molecule has 0 radical (unpaired) electrons. The van der Waals surface area contributed by atoms with Crippen molar-refractivity contribution >= 4 is 45.4 Å². The van der Waals surface area contributed by atoms with Gasteiger partial charge in [0.2, 0.25) is 5.91 Å². The number of hydrogen-bond acceptors (Lipinski definition) is 6. The highest BCUT2D eigenvalue weighted by molar-refractivity contribution is 8.13. The largest absolute Gasteiger partial charge is 0.478 e. The molecule has 0 aliphatic carbocycles. The molecule has 1 aliphatic rings. The number of amides is 2. The van der Waals surface area contributed by atoms with Gasteiger partial charge in [0.25, 0.3) is 5.24 Å². The summed E-state index contributed by atoms with van der Waals surface area (Å²) in [5, 5.41) is 11.8. The van der Waals surface area contributed by atoms with Crippen LogP contribution in [-0.4, -0.2) is 50.3 Å². The van der Waals surface area contributed by atoms with E-state index in [4.69, 9.17) is 5.11 Å². The van der Waals surface area contributed by atoms with E-state index in [9.17, 15) is 14.4 Å². The number of hydrogen-bond donors (Lipinski definition) is 2. The Morgan fingerprint density at radius 3 is 2.85 bits per heavy atom. The maximum Gasteiger partial charge on any atom is 0.340 e. The molecule has 108 valence electrons. The summed E-state index contributed by atoms with van der Waals surface area (Å²) in [7, 11) is 0. The maximum absolute atomic E-state index is 11.8. The lowest BCUT2D eigenvalue weighted by molar-refractivity contribution is -0.116. The Bertz CT molecular complexity index is 558. The second kappa shape index (κ2) is 6.23. The fraction of sp³-hybridized carbons (Fsp3) is 0.455. The van der Waals surface area contributed by atoms with E-state index in [1.807, 2.05) is 0 Å². The lowest BCUT2D eigenvalue weighted by Gasteiger charge is -2.13. The molecule has 0 atom stereocenters. The third-order valence-corrected chi connectivity index (χ3v) is 4.53. The molecule has 0 aromatic carbocycles. The van der Waals surface area contributed by atoms with Crippen molar-refractivity contribution in [3.8, 4) is 0 Å². The minimum atomic E-state index is -1.11. The van der Waals surface area contributed by atoms with Crippen LogP contribution < -0.4 is 5.32 Å². The summed E-state index contributed by atoms with van der Waals surface area (Å²) >= 11 is 2.18. The minimum Gasteiger partial charge on any atom is -0.478 e. The van der Waals surface area contributed by atoms with Gasteiger partial charge in [-0.15, -0.1) is 0 Å². The van der Waals surface area contributed by atoms with Crippen LogP contribution in [0.1, 0.15) is 22.5 Å². The summed E-state index contributed by atoms with van der Waals surface area (Å²) in [5.74, 6) is -0.684. The quantitative estimate of drug-likeness (QED) is 0.857. The molecule has 20 heavy (non-hydrogen) atoms. The van der Waals surface area contributed by atoms with Gasteiger partial charge in [0.1, 0.15) is 10.6 Å². The lowest BCUT2D eigenvalue weighted by atomic mass is 10.2. The van der Waals surface area contributed by atoms with Crippen LogP contribution in [0.3, 0.4) is 0 Å². The van der Waals surface area contributed by atoms with Gasteiger partial charge in [0.15, 0.2) is 0 Å². The third kappa shape index (κ3) is 3.28. The van der Waals surface area contributed by atoms with Crippen molar-refractivity contribution < 1.29 is 19.5 Å². The number of carboxylic acids is 1. The Morgan fingerprint density at radius 2 is 2.25 bits per heavy atom. The van der Waals surface area contributed by atoms with Crippen LogP contribution in [0.15, 0.2) is 0 Å². The van der Waals surface area contributed by atoms with E-state index in [1.165, 1.54) is 11.8 Å². The van der Waals surface area contributed by atoms with Gasteiger partial charge in [-0.05, 0) is 18.5 Å². The molecule has 9 heteroatoms. The number of nitrogens with zero attached hydrogens (tertiary/aromatic N) is 2. The number of carbonyl (C=O) groups is 3. The van der Waals surface area contributed by atoms with Crippen LogP contribution in [0.5, 0.6) is 0 Å². The summed E-state index contributed by atoms with van der Waals surface area (Å²) in [4.78, 5) is 35.8. The van der Waals surface area contributed by atoms with Crippen LogP contribution in [-0.2, 0) is 4.79 Å². The second-order valence-electron chi connectivity index (χ2n) is 4.18. The zero-order chi connectivity index (χ0) is 14.7. The number of nitrogens with one attached hydrogen (secondary N) is 1. The molecule has 1 fully saturated rings. The van der Waals surface area contributed by atoms with Gasteiger partial charge >= 0.3 is 5.97 Å². The topological polar surface area (TPSA) is 99.6 Å². The first-order valence-electron chi connectivity index (χ1n) is 5.90. The molecule has 1 aromatic heterocycles. The smallest absolute Gasteiger partial charge is 0.340 e.